The normalized spacial score (nSPS) is 11.1. The molecule has 20 heavy (non-hydrogen) atoms. The van der Waals surface area contributed by atoms with Gasteiger partial charge in [-0.2, -0.15) is 0 Å². The zero-order valence-electron chi connectivity index (χ0n) is 11.3. The molecule has 3 rings (SSSR count). The van der Waals surface area contributed by atoms with Crippen molar-refractivity contribution in [3.63, 3.8) is 0 Å². The highest BCUT2D eigenvalue weighted by molar-refractivity contribution is 6.30. The molecule has 2 nitrogen and oxygen atoms in total. The average molecular weight is 286 g/mol. The van der Waals surface area contributed by atoms with Crippen LogP contribution in [0.2, 0.25) is 5.02 Å². The highest BCUT2D eigenvalue weighted by atomic mass is 35.5. The SMILES string of the molecule is CCc1cc2c(O)cccc2n1Cc1cccc(Cl)c1. The van der Waals surface area contributed by atoms with E-state index >= 15 is 0 Å². The molecule has 102 valence electrons. The van der Waals surface area contributed by atoms with E-state index in [1.165, 1.54) is 5.69 Å². The Morgan fingerprint density at radius 3 is 2.65 bits per heavy atom. The van der Waals surface area contributed by atoms with Gasteiger partial charge < -0.3 is 9.67 Å². The van der Waals surface area contributed by atoms with Crippen molar-refractivity contribution in [3.8, 4) is 5.75 Å². The van der Waals surface area contributed by atoms with Gasteiger partial charge in [-0.1, -0.05) is 36.7 Å². The quantitative estimate of drug-likeness (QED) is 0.747. The number of aryl methyl sites for hydroxylation is 1. The Balaban J connectivity index is 2.12. The summed E-state index contributed by atoms with van der Waals surface area (Å²) in [5.41, 5.74) is 3.43. The number of phenols is 1. The van der Waals surface area contributed by atoms with Gasteiger partial charge in [0.1, 0.15) is 5.75 Å². The van der Waals surface area contributed by atoms with Crippen LogP contribution in [0.5, 0.6) is 5.75 Å². The molecule has 0 saturated carbocycles. The predicted octanol–water partition coefficient (Wildman–Crippen LogP) is 4.61. The minimum atomic E-state index is 0.335. The van der Waals surface area contributed by atoms with Gasteiger partial charge in [-0.3, -0.25) is 0 Å². The highest BCUT2D eigenvalue weighted by Crippen LogP contribution is 2.29. The molecule has 0 atom stereocenters. The third-order valence-electron chi connectivity index (χ3n) is 3.60. The molecule has 0 unspecified atom stereocenters. The van der Waals surface area contributed by atoms with Gasteiger partial charge >= 0.3 is 0 Å². The molecule has 3 heteroatoms. The molecule has 0 fully saturated rings. The van der Waals surface area contributed by atoms with E-state index in [0.717, 1.165) is 34.5 Å². The second kappa shape index (κ2) is 5.22. The van der Waals surface area contributed by atoms with Gasteiger partial charge in [0.15, 0.2) is 0 Å². The first-order valence-corrected chi connectivity index (χ1v) is 7.11. The van der Waals surface area contributed by atoms with E-state index < -0.39 is 0 Å². The van der Waals surface area contributed by atoms with Crippen LogP contribution >= 0.6 is 11.6 Å². The van der Waals surface area contributed by atoms with E-state index in [1.54, 1.807) is 6.07 Å². The summed E-state index contributed by atoms with van der Waals surface area (Å²) in [6.45, 7) is 2.89. The number of hydrogen-bond donors (Lipinski definition) is 1. The fourth-order valence-corrected chi connectivity index (χ4v) is 2.83. The van der Waals surface area contributed by atoms with Crippen LogP contribution in [0.15, 0.2) is 48.5 Å². The summed E-state index contributed by atoms with van der Waals surface area (Å²) in [6.07, 6.45) is 0.925. The fraction of sp³-hybridized carbons (Fsp3) is 0.176. The first kappa shape index (κ1) is 13.1. The standard InChI is InChI=1S/C17H16ClNO/c1-2-14-10-15-16(7-4-8-17(15)20)19(14)11-12-5-3-6-13(18)9-12/h3-10,20H,2,11H2,1H3. The maximum absolute atomic E-state index is 9.98. The molecule has 0 amide bonds. The van der Waals surface area contributed by atoms with Gasteiger partial charge in [0.25, 0.3) is 0 Å². The average Bonchev–Trinajstić information content (AvgIpc) is 2.79. The lowest BCUT2D eigenvalue weighted by molar-refractivity contribution is 0.481. The van der Waals surface area contributed by atoms with Crippen LogP contribution < -0.4 is 0 Å². The van der Waals surface area contributed by atoms with Crippen LogP contribution in [-0.4, -0.2) is 9.67 Å². The topological polar surface area (TPSA) is 25.2 Å². The van der Waals surface area contributed by atoms with Crippen LogP contribution in [0, 0.1) is 0 Å². The lowest BCUT2D eigenvalue weighted by Crippen LogP contribution is -2.03. The van der Waals surface area contributed by atoms with E-state index in [-0.39, 0.29) is 0 Å². The summed E-state index contributed by atoms with van der Waals surface area (Å²) < 4.78 is 2.24. The van der Waals surface area contributed by atoms with Crippen LogP contribution in [0.1, 0.15) is 18.2 Å². The summed E-state index contributed by atoms with van der Waals surface area (Å²) in [5, 5.41) is 11.6. The van der Waals surface area contributed by atoms with Crippen molar-refractivity contribution in [2.24, 2.45) is 0 Å². The summed E-state index contributed by atoms with van der Waals surface area (Å²) in [7, 11) is 0. The minimum Gasteiger partial charge on any atom is -0.507 e. The second-order valence-electron chi connectivity index (χ2n) is 4.92. The van der Waals surface area contributed by atoms with Crippen LogP contribution in [0.4, 0.5) is 0 Å². The number of nitrogens with zero attached hydrogens (tertiary/aromatic N) is 1. The zero-order valence-corrected chi connectivity index (χ0v) is 12.1. The van der Waals surface area contributed by atoms with Gasteiger partial charge in [-0.25, -0.2) is 0 Å². The third-order valence-corrected chi connectivity index (χ3v) is 3.84. The zero-order chi connectivity index (χ0) is 14.1. The molecule has 1 aromatic heterocycles. The Labute approximate surface area is 123 Å². The van der Waals surface area contributed by atoms with Gasteiger partial charge in [0.2, 0.25) is 0 Å². The smallest absolute Gasteiger partial charge is 0.124 e. The molecule has 0 aliphatic heterocycles. The van der Waals surface area contributed by atoms with Gasteiger partial charge in [-0.05, 0) is 42.3 Å². The lowest BCUT2D eigenvalue weighted by atomic mass is 10.2. The molecule has 0 saturated heterocycles. The molecule has 1 N–H and O–H groups in total. The molecule has 3 aromatic rings. The number of rotatable bonds is 3. The molecule has 0 bridgehead atoms. The van der Waals surface area contributed by atoms with Gasteiger partial charge in [0, 0.05) is 22.6 Å². The Kier molecular flexibility index (Phi) is 3.41. The second-order valence-corrected chi connectivity index (χ2v) is 5.35. The highest BCUT2D eigenvalue weighted by Gasteiger charge is 2.10. The largest absolute Gasteiger partial charge is 0.507 e. The number of hydrogen-bond acceptors (Lipinski definition) is 1. The van der Waals surface area contributed by atoms with E-state index in [9.17, 15) is 5.11 Å². The summed E-state index contributed by atoms with van der Waals surface area (Å²) in [5.74, 6) is 0.335. The summed E-state index contributed by atoms with van der Waals surface area (Å²) in [6, 6.07) is 15.6. The number of benzene rings is 2. The third kappa shape index (κ3) is 2.27. The molecule has 0 spiro atoms. The number of aromatic nitrogens is 1. The molecular formula is C17H16ClNO. The Morgan fingerprint density at radius 1 is 1.10 bits per heavy atom. The molecule has 2 aromatic carbocycles. The first-order chi connectivity index (χ1) is 9.69. The molecule has 0 aliphatic carbocycles. The van der Waals surface area contributed by atoms with E-state index in [4.69, 9.17) is 11.6 Å². The molecule has 0 radical (unpaired) electrons. The van der Waals surface area contributed by atoms with Crippen LogP contribution in [0.25, 0.3) is 10.9 Å². The molecule has 0 aliphatic rings. The Hall–Kier alpha value is -1.93. The van der Waals surface area contributed by atoms with Crippen molar-refractivity contribution in [2.45, 2.75) is 19.9 Å². The van der Waals surface area contributed by atoms with Crippen molar-refractivity contribution in [1.82, 2.24) is 4.57 Å². The van der Waals surface area contributed by atoms with E-state index in [1.807, 2.05) is 30.3 Å². The summed E-state index contributed by atoms with van der Waals surface area (Å²) >= 11 is 6.05. The number of halogens is 1. The van der Waals surface area contributed by atoms with E-state index in [2.05, 4.69) is 23.6 Å². The minimum absolute atomic E-state index is 0.335. The fourth-order valence-electron chi connectivity index (χ4n) is 2.62. The van der Waals surface area contributed by atoms with Crippen molar-refractivity contribution in [1.29, 1.82) is 0 Å². The predicted molar refractivity (Wildman–Crippen MR) is 83.5 cm³/mol. The Bertz CT molecular complexity index is 761. The van der Waals surface area contributed by atoms with Crippen LogP contribution in [0.3, 0.4) is 0 Å². The van der Waals surface area contributed by atoms with Crippen LogP contribution in [-0.2, 0) is 13.0 Å². The Morgan fingerprint density at radius 2 is 1.90 bits per heavy atom. The number of aromatic hydroxyl groups is 1. The maximum Gasteiger partial charge on any atom is 0.124 e. The number of fused-ring (bicyclic) bond motifs is 1. The van der Waals surface area contributed by atoms with Crippen molar-refractivity contribution >= 4 is 22.5 Å². The summed E-state index contributed by atoms with van der Waals surface area (Å²) in [4.78, 5) is 0. The van der Waals surface area contributed by atoms with Gasteiger partial charge in [-0.15, -0.1) is 0 Å². The molecule has 1 heterocycles. The van der Waals surface area contributed by atoms with E-state index in [0.29, 0.717) is 5.75 Å². The van der Waals surface area contributed by atoms with Crippen molar-refractivity contribution in [2.75, 3.05) is 0 Å². The lowest BCUT2D eigenvalue weighted by Gasteiger charge is -2.10. The van der Waals surface area contributed by atoms with Gasteiger partial charge in [0.05, 0.1) is 5.52 Å². The monoisotopic (exact) mass is 285 g/mol. The first-order valence-electron chi connectivity index (χ1n) is 6.73. The van der Waals surface area contributed by atoms with Crippen molar-refractivity contribution < 1.29 is 5.11 Å². The number of phenolic OH excluding ortho intramolecular Hbond substituents is 1. The molecular weight excluding hydrogens is 270 g/mol. The van der Waals surface area contributed by atoms with Crippen molar-refractivity contribution in [3.05, 3.63) is 64.8 Å². The maximum atomic E-state index is 9.98.